The van der Waals surface area contributed by atoms with Gasteiger partial charge in [-0.25, -0.2) is 0 Å². The van der Waals surface area contributed by atoms with Gasteiger partial charge in [-0.1, -0.05) is 84.1 Å². The number of unbranched alkanes of at least 4 members (excludes halogenated alkanes) is 10. The van der Waals surface area contributed by atoms with E-state index in [-0.39, 0.29) is 0 Å². The van der Waals surface area contributed by atoms with Crippen molar-refractivity contribution >= 4 is 10.8 Å². The second-order valence-electron chi connectivity index (χ2n) is 8.36. The molecule has 0 aliphatic rings. The number of fused-ring (bicyclic) bond motifs is 1. The van der Waals surface area contributed by atoms with Crippen LogP contribution >= 0.6 is 0 Å². The molecule has 0 fully saturated rings. The lowest BCUT2D eigenvalue weighted by Gasteiger charge is -2.12. The minimum atomic E-state index is 0.816. The Morgan fingerprint density at radius 3 is 1.83 bits per heavy atom. The van der Waals surface area contributed by atoms with Crippen molar-refractivity contribution in [1.82, 2.24) is 0 Å². The normalized spacial score (nSPS) is 11.1. The molecule has 0 saturated carbocycles. The summed E-state index contributed by atoms with van der Waals surface area (Å²) in [4.78, 5) is 0. The summed E-state index contributed by atoms with van der Waals surface area (Å²) in [6.07, 6.45) is 15.5. The molecule has 29 heavy (non-hydrogen) atoms. The third kappa shape index (κ3) is 9.10. The molecule has 0 aliphatic heterocycles. The smallest absolute Gasteiger partial charge is 0.122 e. The zero-order valence-corrected chi connectivity index (χ0v) is 19.1. The van der Waals surface area contributed by atoms with Gasteiger partial charge in [0.05, 0.1) is 13.2 Å². The second-order valence-corrected chi connectivity index (χ2v) is 8.36. The molecule has 0 atom stereocenters. The summed E-state index contributed by atoms with van der Waals surface area (Å²) in [5, 5.41) is 2.45. The number of rotatable bonds is 16. The van der Waals surface area contributed by atoms with Gasteiger partial charge in [-0.2, -0.15) is 0 Å². The fourth-order valence-corrected chi connectivity index (χ4v) is 3.75. The first kappa shape index (κ1) is 23.6. The molecule has 2 aromatic rings. The lowest BCUT2D eigenvalue weighted by atomic mass is 10.1. The summed E-state index contributed by atoms with van der Waals surface area (Å²) in [6, 6.07) is 10.8. The van der Waals surface area contributed by atoms with Crippen molar-refractivity contribution in [3.63, 3.8) is 0 Å². The maximum absolute atomic E-state index is 6.07. The topological polar surface area (TPSA) is 18.5 Å². The lowest BCUT2D eigenvalue weighted by Crippen LogP contribution is -1.99. The number of aryl methyl sites for hydroxylation is 1. The molecule has 0 N–H and O–H groups in total. The van der Waals surface area contributed by atoms with Crippen LogP contribution < -0.4 is 9.47 Å². The number of hydrogen-bond acceptors (Lipinski definition) is 2. The van der Waals surface area contributed by atoms with Crippen LogP contribution in [0.1, 0.15) is 96.5 Å². The van der Waals surface area contributed by atoms with Crippen LogP contribution in [0.15, 0.2) is 30.3 Å². The van der Waals surface area contributed by atoms with E-state index in [1.807, 2.05) is 0 Å². The molecule has 0 heterocycles. The van der Waals surface area contributed by atoms with E-state index in [2.05, 4.69) is 51.1 Å². The molecule has 2 rings (SSSR count). The van der Waals surface area contributed by atoms with Gasteiger partial charge < -0.3 is 9.47 Å². The molecule has 2 nitrogen and oxygen atoms in total. The molecule has 162 valence electrons. The van der Waals surface area contributed by atoms with Gasteiger partial charge in [0, 0.05) is 0 Å². The minimum absolute atomic E-state index is 0.816. The number of benzene rings is 2. The van der Waals surface area contributed by atoms with Crippen molar-refractivity contribution in [2.45, 2.75) is 97.8 Å². The van der Waals surface area contributed by atoms with Crippen molar-refractivity contribution in [3.05, 3.63) is 35.9 Å². The van der Waals surface area contributed by atoms with Gasteiger partial charge in [-0.3, -0.25) is 0 Å². The first-order chi connectivity index (χ1) is 14.2. The van der Waals surface area contributed by atoms with Crippen molar-refractivity contribution in [3.8, 4) is 11.5 Å². The highest BCUT2D eigenvalue weighted by molar-refractivity contribution is 5.86. The average Bonchev–Trinajstić information content (AvgIpc) is 2.72. The summed E-state index contributed by atoms with van der Waals surface area (Å²) in [6.45, 7) is 8.29. The predicted molar refractivity (Wildman–Crippen MR) is 126 cm³/mol. The molecule has 0 amide bonds. The van der Waals surface area contributed by atoms with E-state index in [9.17, 15) is 0 Å². The molecular formula is C27H42O2. The highest BCUT2D eigenvalue weighted by atomic mass is 16.5. The van der Waals surface area contributed by atoms with Gasteiger partial charge in [0.25, 0.3) is 0 Å². The van der Waals surface area contributed by atoms with E-state index in [4.69, 9.17) is 9.47 Å². The molecule has 0 spiro atoms. The van der Waals surface area contributed by atoms with Crippen LogP contribution in [-0.2, 0) is 0 Å². The van der Waals surface area contributed by atoms with Crippen molar-refractivity contribution in [2.24, 2.45) is 0 Å². The van der Waals surface area contributed by atoms with Gasteiger partial charge in [0.2, 0.25) is 0 Å². The molecule has 2 heteroatoms. The molecule has 0 unspecified atom stereocenters. The van der Waals surface area contributed by atoms with Crippen molar-refractivity contribution in [1.29, 1.82) is 0 Å². The van der Waals surface area contributed by atoms with Crippen LogP contribution in [0, 0.1) is 6.92 Å². The molecule has 2 aromatic carbocycles. The summed E-state index contributed by atoms with van der Waals surface area (Å²) in [7, 11) is 0. The Morgan fingerprint density at radius 1 is 0.586 bits per heavy atom. The molecule has 0 saturated heterocycles. The summed E-state index contributed by atoms with van der Waals surface area (Å²) < 4.78 is 12.0. The SMILES string of the molecule is CCCCCCCCOc1ccc2cc(OCCCCCCCC)c(C)cc2c1. The quantitative estimate of drug-likeness (QED) is 0.263. The predicted octanol–water partition coefficient (Wildman–Crippen LogP) is 8.63. The molecule has 0 bridgehead atoms. The average molecular weight is 399 g/mol. The van der Waals surface area contributed by atoms with Crippen LogP contribution in [0.4, 0.5) is 0 Å². The first-order valence-electron chi connectivity index (χ1n) is 12.0. The van der Waals surface area contributed by atoms with Gasteiger partial charge in [0.1, 0.15) is 11.5 Å². The second kappa shape index (κ2) is 14.3. The van der Waals surface area contributed by atoms with E-state index in [1.165, 1.54) is 80.5 Å². The zero-order valence-electron chi connectivity index (χ0n) is 19.1. The van der Waals surface area contributed by atoms with E-state index in [1.54, 1.807) is 0 Å². The Kier molecular flexibility index (Phi) is 11.6. The maximum atomic E-state index is 6.07. The van der Waals surface area contributed by atoms with E-state index >= 15 is 0 Å². The third-order valence-corrected chi connectivity index (χ3v) is 5.63. The summed E-state index contributed by atoms with van der Waals surface area (Å²) in [5.41, 5.74) is 1.21. The Labute approximate surface area is 179 Å². The van der Waals surface area contributed by atoms with E-state index in [0.29, 0.717) is 0 Å². The van der Waals surface area contributed by atoms with Crippen LogP contribution in [0.5, 0.6) is 11.5 Å². The van der Waals surface area contributed by atoms with Crippen molar-refractivity contribution < 1.29 is 9.47 Å². The standard InChI is InChI=1S/C27H42O2/c1-4-6-8-10-12-14-18-28-26-17-16-24-22-27(23(3)20-25(24)21-26)29-19-15-13-11-9-7-5-2/h16-17,20-22H,4-15,18-19H2,1-3H3. The molecule has 0 aliphatic carbocycles. The van der Waals surface area contributed by atoms with Crippen LogP contribution in [0.2, 0.25) is 0 Å². The third-order valence-electron chi connectivity index (χ3n) is 5.63. The molecular weight excluding hydrogens is 356 g/mol. The first-order valence-corrected chi connectivity index (χ1v) is 12.0. The summed E-state index contributed by atoms with van der Waals surface area (Å²) in [5.74, 6) is 2.00. The van der Waals surface area contributed by atoms with Gasteiger partial charge in [-0.05, 0) is 60.4 Å². The van der Waals surface area contributed by atoms with Crippen molar-refractivity contribution in [2.75, 3.05) is 13.2 Å². The molecule has 0 radical (unpaired) electrons. The Morgan fingerprint density at radius 2 is 1.17 bits per heavy atom. The highest BCUT2D eigenvalue weighted by Gasteiger charge is 2.05. The van der Waals surface area contributed by atoms with Crippen LogP contribution in [0.3, 0.4) is 0 Å². The van der Waals surface area contributed by atoms with Gasteiger partial charge in [-0.15, -0.1) is 0 Å². The Balaban J connectivity index is 1.77. The van der Waals surface area contributed by atoms with Gasteiger partial charge >= 0.3 is 0 Å². The highest BCUT2D eigenvalue weighted by Crippen LogP contribution is 2.28. The Hall–Kier alpha value is -1.70. The number of hydrogen-bond donors (Lipinski definition) is 0. The van der Waals surface area contributed by atoms with E-state index < -0.39 is 0 Å². The van der Waals surface area contributed by atoms with E-state index in [0.717, 1.165) is 37.6 Å². The van der Waals surface area contributed by atoms with Gasteiger partial charge in [0.15, 0.2) is 0 Å². The zero-order chi connectivity index (χ0) is 20.7. The number of ether oxygens (including phenoxy) is 2. The van der Waals surface area contributed by atoms with Crippen LogP contribution in [0.25, 0.3) is 10.8 Å². The molecule has 0 aromatic heterocycles. The van der Waals surface area contributed by atoms with Crippen LogP contribution in [-0.4, -0.2) is 13.2 Å². The minimum Gasteiger partial charge on any atom is -0.494 e. The monoisotopic (exact) mass is 398 g/mol. The fraction of sp³-hybridized carbons (Fsp3) is 0.630. The Bertz CT molecular complexity index is 692. The fourth-order valence-electron chi connectivity index (χ4n) is 3.75. The largest absolute Gasteiger partial charge is 0.494 e. The maximum Gasteiger partial charge on any atom is 0.122 e. The lowest BCUT2D eigenvalue weighted by molar-refractivity contribution is 0.302. The summed E-state index contributed by atoms with van der Waals surface area (Å²) >= 11 is 0.